The molecule has 7 rings (SSSR count). The number of carboxylic acids is 1. The smallest absolute Gasteiger partial charge is 0.339 e. The van der Waals surface area contributed by atoms with Crippen molar-refractivity contribution in [3.05, 3.63) is 46.5 Å². The second kappa shape index (κ2) is 13.2. The van der Waals surface area contributed by atoms with Crippen LogP contribution in [0, 0.1) is 44.3 Å². The van der Waals surface area contributed by atoms with E-state index in [-0.39, 0.29) is 50.3 Å². The number of hydrogen-bond acceptors (Lipinski definition) is 7. The van der Waals surface area contributed by atoms with Gasteiger partial charge in [0.2, 0.25) is 0 Å². The fourth-order valence-electron chi connectivity index (χ4n) is 13.0. The molecule has 4 saturated carbocycles. The third-order valence-electron chi connectivity index (χ3n) is 16.2. The number of morpholine rings is 1. The summed E-state index contributed by atoms with van der Waals surface area (Å²) >= 11 is 0. The van der Waals surface area contributed by atoms with E-state index in [9.17, 15) is 19.5 Å². The van der Waals surface area contributed by atoms with E-state index in [1.807, 2.05) is 0 Å². The average molecular weight is 718 g/mol. The molecule has 8 heteroatoms. The monoisotopic (exact) mass is 717 g/mol. The minimum absolute atomic E-state index is 0.0121. The van der Waals surface area contributed by atoms with E-state index in [2.05, 4.69) is 53.4 Å². The van der Waals surface area contributed by atoms with E-state index in [0.29, 0.717) is 18.4 Å². The van der Waals surface area contributed by atoms with Gasteiger partial charge < -0.3 is 19.3 Å². The molecule has 5 aliphatic carbocycles. The molecule has 286 valence electrons. The van der Waals surface area contributed by atoms with E-state index < -0.39 is 17.4 Å². The molecule has 0 spiro atoms. The zero-order valence-corrected chi connectivity index (χ0v) is 32.9. The van der Waals surface area contributed by atoms with Crippen molar-refractivity contribution in [2.24, 2.45) is 44.3 Å². The number of carbonyl (C=O) groups is 3. The van der Waals surface area contributed by atoms with Gasteiger partial charge in [0.05, 0.1) is 29.8 Å². The van der Waals surface area contributed by atoms with E-state index in [4.69, 9.17) is 14.2 Å². The predicted octanol–water partition coefficient (Wildman–Crippen LogP) is 8.73. The van der Waals surface area contributed by atoms with Gasteiger partial charge in [0.15, 0.2) is 0 Å². The first-order chi connectivity index (χ1) is 24.5. The van der Waals surface area contributed by atoms with Crippen LogP contribution in [0.15, 0.2) is 35.4 Å². The Labute approximate surface area is 311 Å². The van der Waals surface area contributed by atoms with Gasteiger partial charge in [-0.2, -0.15) is 0 Å². The number of carbonyl (C=O) groups excluding carboxylic acids is 2. The van der Waals surface area contributed by atoms with Gasteiger partial charge >= 0.3 is 17.9 Å². The molecule has 7 atom stereocenters. The lowest BCUT2D eigenvalue weighted by atomic mass is 9.34. The summed E-state index contributed by atoms with van der Waals surface area (Å²) in [5.41, 5.74) is 2.70. The molecule has 0 unspecified atom stereocenters. The van der Waals surface area contributed by atoms with Crippen LogP contribution in [0.1, 0.15) is 140 Å². The number of benzene rings is 1. The Bertz CT molecular complexity index is 1620. The van der Waals surface area contributed by atoms with Crippen LogP contribution in [0.3, 0.4) is 0 Å². The van der Waals surface area contributed by atoms with Gasteiger partial charge in [-0.3, -0.25) is 9.69 Å². The number of hydrogen-bond donors (Lipinski definition) is 1. The molecular weight excluding hydrogens is 654 g/mol. The van der Waals surface area contributed by atoms with Crippen molar-refractivity contribution in [1.82, 2.24) is 4.90 Å². The largest absolute Gasteiger partial charge is 0.478 e. The fourth-order valence-corrected chi connectivity index (χ4v) is 13.0. The van der Waals surface area contributed by atoms with E-state index >= 15 is 0 Å². The second-order valence-corrected chi connectivity index (χ2v) is 19.5. The number of ether oxygens (including phenoxy) is 3. The van der Waals surface area contributed by atoms with Gasteiger partial charge in [0.1, 0.15) is 12.7 Å². The second-order valence-electron chi connectivity index (χ2n) is 19.5. The molecule has 0 bridgehead atoms. The van der Waals surface area contributed by atoms with E-state index in [1.165, 1.54) is 11.6 Å². The highest BCUT2D eigenvalue weighted by atomic mass is 16.5. The maximum absolute atomic E-state index is 14.3. The van der Waals surface area contributed by atoms with Crippen LogP contribution in [0.25, 0.3) is 0 Å². The molecule has 8 nitrogen and oxygen atoms in total. The first-order valence-electron chi connectivity index (χ1n) is 20.2. The molecule has 1 aliphatic heterocycles. The summed E-state index contributed by atoms with van der Waals surface area (Å²) in [6.07, 6.45) is 10.6. The summed E-state index contributed by atoms with van der Waals surface area (Å²) in [7, 11) is 0. The topological polar surface area (TPSA) is 102 Å². The number of fused-ring (bicyclic) bond motifs is 6. The van der Waals surface area contributed by atoms with Crippen molar-refractivity contribution >= 4 is 17.9 Å². The lowest BCUT2D eigenvalue weighted by molar-refractivity contribution is -0.205. The molecule has 0 radical (unpaired) electrons. The van der Waals surface area contributed by atoms with Crippen LogP contribution in [-0.4, -0.2) is 73.5 Å². The highest BCUT2D eigenvalue weighted by Crippen LogP contribution is 2.75. The Hall–Kier alpha value is -2.71. The minimum atomic E-state index is -1.12. The van der Waals surface area contributed by atoms with Crippen molar-refractivity contribution in [3.63, 3.8) is 0 Å². The van der Waals surface area contributed by atoms with Gasteiger partial charge in [0, 0.05) is 25.0 Å². The van der Waals surface area contributed by atoms with E-state index in [1.54, 1.807) is 23.8 Å². The standard InChI is InChI=1S/C44H63NO7/c1-39(2)18-20-44(38(49)51-27-24-45-22-25-50-26-23-45)21-19-42(6)31(32(44)28-39)12-13-34-41(5)16-15-35(40(3,4)33(41)14-17-43(34,42)7)52-37(48)30-11-9-8-10-29(30)36(46)47/h8-11,33-35H,12-28H2,1-7H3,(H,46,47)/t33-,34+,35-,41-,42+,43+,44-/m0/s1. The molecule has 52 heavy (non-hydrogen) atoms. The van der Waals surface area contributed by atoms with Crippen molar-refractivity contribution in [1.29, 1.82) is 0 Å². The van der Waals surface area contributed by atoms with Crippen LogP contribution in [-0.2, 0) is 19.0 Å². The van der Waals surface area contributed by atoms with Crippen LogP contribution < -0.4 is 0 Å². The zero-order valence-electron chi connectivity index (χ0n) is 32.9. The van der Waals surface area contributed by atoms with Gasteiger partial charge in [0.25, 0.3) is 0 Å². The summed E-state index contributed by atoms with van der Waals surface area (Å²) in [6.45, 7) is 21.5. The number of allylic oxidation sites excluding steroid dienone is 1. The lowest BCUT2D eigenvalue weighted by Gasteiger charge is -2.71. The van der Waals surface area contributed by atoms with Crippen LogP contribution in [0.4, 0.5) is 0 Å². The molecular formula is C44H63NO7. The Morgan fingerprint density at radius 3 is 2.23 bits per heavy atom. The zero-order chi connectivity index (χ0) is 37.3. The number of aromatic carboxylic acids is 1. The average Bonchev–Trinajstić information content (AvgIpc) is 3.10. The minimum Gasteiger partial charge on any atom is -0.478 e. The highest BCUT2D eigenvalue weighted by molar-refractivity contribution is 6.02. The molecule has 1 aromatic carbocycles. The third kappa shape index (κ3) is 5.88. The van der Waals surface area contributed by atoms with Gasteiger partial charge in [-0.25, -0.2) is 9.59 Å². The summed E-state index contributed by atoms with van der Waals surface area (Å²) < 4.78 is 18.0. The molecule has 1 N–H and O–H groups in total. The Balaban J connectivity index is 1.14. The molecule has 6 aliphatic rings. The highest BCUT2D eigenvalue weighted by Gasteiger charge is 2.68. The predicted molar refractivity (Wildman–Crippen MR) is 200 cm³/mol. The molecule has 0 aromatic heterocycles. The Morgan fingerprint density at radius 2 is 1.52 bits per heavy atom. The van der Waals surface area contributed by atoms with Crippen molar-refractivity contribution in [2.45, 2.75) is 125 Å². The van der Waals surface area contributed by atoms with Crippen molar-refractivity contribution in [3.8, 4) is 0 Å². The Morgan fingerprint density at radius 1 is 0.827 bits per heavy atom. The van der Waals surface area contributed by atoms with Gasteiger partial charge in [-0.05, 0) is 116 Å². The molecule has 0 amide bonds. The molecule has 1 heterocycles. The van der Waals surface area contributed by atoms with Gasteiger partial charge in [-0.1, -0.05) is 71.7 Å². The third-order valence-corrected chi connectivity index (χ3v) is 16.2. The van der Waals surface area contributed by atoms with Crippen molar-refractivity contribution in [2.75, 3.05) is 39.5 Å². The first-order valence-corrected chi connectivity index (χ1v) is 20.2. The SMILES string of the molecule is CC1(C)CC[C@]2(C(=O)OCCN3CCOCC3)CC[C@]3(C)C(=C2C1)CC[C@@H]1[C@@]2(C)CC[C@H](OC(=O)c4ccccc4C(=O)O)C(C)(C)[C@@H]2CC[C@]13C. The number of carboxylic acid groups (broad SMARTS) is 1. The maximum Gasteiger partial charge on any atom is 0.339 e. The number of nitrogens with zero attached hydrogens (tertiary/aromatic N) is 1. The van der Waals surface area contributed by atoms with Crippen LogP contribution in [0.2, 0.25) is 0 Å². The van der Waals surface area contributed by atoms with Crippen LogP contribution in [0.5, 0.6) is 0 Å². The lowest BCUT2D eigenvalue weighted by Crippen LogP contribution is -2.64. The van der Waals surface area contributed by atoms with Crippen LogP contribution >= 0.6 is 0 Å². The quantitative estimate of drug-likeness (QED) is 0.221. The maximum atomic E-state index is 14.3. The summed E-state index contributed by atoms with van der Waals surface area (Å²) in [5, 5.41) is 9.72. The molecule has 1 saturated heterocycles. The Kier molecular flexibility index (Phi) is 9.58. The molecule has 1 aromatic rings. The van der Waals surface area contributed by atoms with Gasteiger partial charge in [-0.15, -0.1) is 0 Å². The summed E-state index contributed by atoms with van der Waals surface area (Å²) in [6, 6.07) is 6.36. The summed E-state index contributed by atoms with van der Waals surface area (Å²) in [4.78, 5) is 42.0. The first kappa shape index (κ1) is 37.6. The molecule has 5 fully saturated rings. The fraction of sp³-hybridized carbons (Fsp3) is 0.750. The number of rotatable bonds is 7. The van der Waals surface area contributed by atoms with Crippen molar-refractivity contribution < 1.29 is 33.7 Å². The summed E-state index contributed by atoms with van der Waals surface area (Å²) in [5.74, 6) is -0.754. The number of esters is 2. The van der Waals surface area contributed by atoms with E-state index in [0.717, 1.165) is 103 Å². The normalized spacial score (nSPS) is 38.2.